The second-order valence-electron chi connectivity index (χ2n) is 9.25. The van der Waals surface area contributed by atoms with E-state index in [0.29, 0.717) is 23.7 Å². The van der Waals surface area contributed by atoms with Crippen LogP contribution in [0.2, 0.25) is 0 Å². The molecule has 0 amide bonds. The van der Waals surface area contributed by atoms with Gasteiger partial charge in [-0.15, -0.1) is 12.4 Å². The molecule has 27 heavy (non-hydrogen) atoms. The molecule has 1 saturated heterocycles. The fraction of sp³-hybridized carbons (Fsp3) is 0.696. The Balaban J connectivity index is 0.00000180. The van der Waals surface area contributed by atoms with Gasteiger partial charge in [0.2, 0.25) is 0 Å². The summed E-state index contributed by atoms with van der Waals surface area (Å²) in [5, 5.41) is 0. The summed E-state index contributed by atoms with van der Waals surface area (Å²) >= 11 is 0. The summed E-state index contributed by atoms with van der Waals surface area (Å²) in [5.74, 6) is 3.55. The number of rotatable bonds is 4. The number of carbonyl (C=O) groups is 1. The molecule has 2 saturated carbocycles. The molecule has 0 spiro atoms. The molecule has 5 rings (SSSR count). The van der Waals surface area contributed by atoms with Crippen LogP contribution in [-0.4, -0.2) is 36.9 Å². The van der Waals surface area contributed by atoms with Gasteiger partial charge in [-0.05, 0) is 73.2 Å². The molecule has 1 heterocycles. The van der Waals surface area contributed by atoms with E-state index in [1.165, 1.54) is 30.5 Å². The highest BCUT2D eigenvalue weighted by molar-refractivity contribution is 5.85. The van der Waals surface area contributed by atoms with E-state index in [2.05, 4.69) is 30.0 Å². The van der Waals surface area contributed by atoms with Crippen LogP contribution < -0.4 is 4.74 Å². The number of Topliss-reactive ketones (excluding diaryl/α,β-unsaturated/α-hetero) is 1. The Morgan fingerprint density at radius 2 is 2.07 bits per heavy atom. The lowest BCUT2D eigenvalue weighted by Gasteiger charge is -2.61. The molecule has 3 aliphatic carbocycles. The highest BCUT2D eigenvalue weighted by Gasteiger charge is 2.58. The number of likely N-dealkylation sites (tertiary alicyclic amines) is 1. The summed E-state index contributed by atoms with van der Waals surface area (Å²) in [4.78, 5) is 15.6. The summed E-state index contributed by atoms with van der Waals surface area (Å²) in [7, 11) is 1.75. The number of methoxy groups -OCH3 is 1. The predicted octanol–water partition coefficient (Wildman–Crippen LogP) is 4.40. The maximum absolute atomic E-state index is 12.8. The lowest BCUT2D eigenvalue weighted by Crippen LogP contribution is -2.64. The van der Waals surface area contributed by atoms with Crippen molar-refractivity contribution in [3.05, 3.63) is 29.3 Å². The van der Waals surface area contributed by atoms with Gasteiger partial charge < -0.3 is 4.74 Å². The van der Waals surface area contributed by atoms with Crippen LogP contribution in [0.25, 0.3) is 0 Å². The molecule has 2 unspecified atom stereocenters. The number of nitrogens with zero attached hydrogens (tertiary/aromatic N) is 1. The molecule has 0 aromatic heterocycles. The standard InChI is InChI=1S/C23H31NO2.ClH/c1-3-16-10-18(25)13-23-8-9-24(14-15-4-5-15)21(22(16)23)11-17-6-7-19(26-2)12-20(17)23;/h6-7,12,15-16,21-22H,3-5,8-11,13-14H2,1-2H3;1H/t16-,21?,22-,23?;/m0./s1. The van der Waals surface area contributed by atoms with Gasteiger partial charge in [-0.25, -0.2) is 0 Å². The monoisotopic (exact) mass is 389 g/mol. The first kappa shape index (κ1) is 19.3. The third-order valence-electron chi connectivity index (χ3n) is 7.87. The highest BCUT2D eigenvalue weighted by atomic mass is 35.5. The van der Waals surface area contributed by atoms with Crippen LogP contribution in [-0.2, 0) is 16.6 Å². The molecule has 4 heteroatoms. The molecule has 1 aromatic rings. The van der Waals surface area contributed by atoms with Crippen molar-refractivity contribution in [2.24, 2.45) is 17.8 Å². The van der Waals surface area contributed by atoms with E-state index in [1.54, 1.807) is 7.11 Å². The van der Waals surface area contributed by atoms with E-state index in [-0.39, 0.29) is 17.8 Å². The Morgan fingerprint density at radius 3 is 2.78 bits per heavy atom. The molecule has 4 atom stereocenters. The summed E-state index contributed by atoms with van der Waals surface area (Å²) in [5.41, 5.74) is 2.97. The van der Waals surface area contributed by atoms with E-state index < -0.39 is 0 Å². The van der Waals surface area contributed by atoms with Crippen LogP contribution in [0, 0.1) is 17.8 Å². The molecule has 2 bridgehead atoms. The van der Waals surface area contributed by atoms with Crippen molar-refractivity contribution >= 4 is 18.2 Å². The predicted molar refractivity (Wildman–Crippen MR) is 110 cm³/mol. The minimum Gasteiger partial charge on any atom is -0.497 e. The number of hydrogen-bond acceptors (Lipinski definition) is 3. The number of halogens is 1. The number of hydrogen-bond donors (Lipinski definition) is 0. The number of carbonyl (C=O) groups excluding carboxylic acids is 1. The molecule has 0 radical (unpaired) electrons. The fourth-order valence-electron chi connectivity index (χ4n) is 6.56. The third-order valence-corrected chi connectivity index (χ3v) is 7.87. The second kappa shape index (κ2) is 7.08. The Hall–Kier alpha value is -1.06. The van der Waals surface area contributed by atoms with Gasteiger partial charge in [0.25, 0.3) is 0 Å². The zero-order valence-electron chi connectivity index (χ0n) is 16.6. The molecular weight excluding hydrogens is 358 g/mol. The van der Waals surface area contributed by atoms with Crippen LogP contribution in [0.15, 0.2) is 18.2 Å². The molecule has 0 N–H and O–H groups in total. The number of ketones is 1. The van der Waals surface area contributed by atoms with Crippen LogP contribution in [0.4, 0.5) is 0 Å². The second-order valence-corrected chi connectivity index (χ2v) is 9.25. The normalized spacial score (nSPS) is 35.0. The number of benzene rings is 1. The number of piperidine rings is 1. The minimum atomic E-state index is 0. The van der Waals surface area contributed by atoms with E-state index >= 15 is 0 Å². The Bertz CT molecular complexity index is 731. The summed E-state index contributed by atoms with van der Waals surface area (Å²) in [6.45, 7) is 4.74. The van der Waals surface area contributed by atoms with Crippen molar-refractivity contribution in [1.29, 1.82) is 0 Å². The van der Waals surface area contributed by atoms with Gasteiger partial charge in [0, 0.05) is 30.8 Å². The third kappa shape index (κ3) is 3.02. The van der Waals surface area contributed by atoms with Gasteiger partial charge in [0.15, 0.2) is 0 Å². The van der Waals surface area contributed by atoms with Crippen molar-refractivity contribution in [1.82, 2.24) is 4.90 Å². The Morgan fingerprint density at radius 1 is 1.26 bits per heavy atom. The molecule has 1 aromatic carbocycles. The summed E-state index contributed by atoms with van der Waals surface area (Å²) < 4.78 is 5.56. The smallest absolute Gasteiger partial charge is 0.134 e. The average Bonchev–Trinajstić information content (AvgIpc) is 3.46. The van der Waals surface area contributed by atoms with Gasteiger partial charge in [0.05, 0.1) is 7.11 Å². The van der Waals surface area contributed by atoms with Crippen molar-refractivity contribution in [2.45, 2.75) is 63.3 Å². The van der Waals surface area contributed by atoms with Gasteiger partial charge in [-0.1, -0.05) is 19.4 Å². The zero-order valence-corrected chi connectivity index (χ0v) is 17.4. The number of ether oxygens (including phenoxy) is 1. The van der Waals surface area contributed by atoms with Gasteiger partial charge in [-0.2, -0.15) is 0 Å². The highest BCUT2D eigenvalue weighted by Crippen LogP contribution is 2.58. The maximum Gasteiger partial charge on any atom is 0.134 e. The van der Waals surface area contributed by atoms with Crippen LogP contribution in [0.1, 0.15) is 56.6 Å². The van der Waals surface area contributed by atoms with E-state index in [9.17, 15) is 4.79 Å². The van der Waals surface area contributed by atoms with Crippen molar-refractivity contribution in [3.63, 3.8) is 0 Å². The fourth-order valence-corrected chi connectivity index (χ4v) is 6.56. The Kier molecular flexibility index (Phi) is 5.05. The van der Waals surface area contributed by atoms with E-state index in [1.807, 2.05) is 0 Å². The maximum atomic E-state index is 12.8. The van der Waals surface area contributed by atoms with Crippen molar-refractivity contribution < 1.29 is 9.53 Å². The van der Waals surface area contributed by atoms with Crippen LogP contribution in [0.3, 0.4) is 0 Å². The minimum absolute atomic E-state index is 0. The quantitative estimate of drug-likeness (QED) is 0.764. The van der Waals surface area contributed by atoms with E-state index in [0.717, 1.165) is 50.3 Å². The lowest BCUT2D eigenvalue weighted by molar-refractivity contribution is -0.132. The average molecular weight is 390 g/mol. The van der Waals surface area contributed by atoms with E-state index in [4.69, 9.17) is 4.74 Å². The molecular formula is C23H32ClNO2. The SMILES string of the molecule is CC[C@H]1CC(=O)CC23CCN(CC4CC4)C(Cc4ccc(OC)cc42)[C@H]13.Cl. The largest absolute Gasteiger partial charge is 0.497 e. The van der Waals surface area contributed by atoms with Crippen molar-refractivity contribution in [3.8, 4) is 5.75 Å². The van der Waals surface area contributed by atoms with Crippen LogP contribution in [0.5, 0.6) is 5.75 Å². The zero-order chi connectivity index (χ0) is 17.9. The first-order valence-electron chi connectivity index (χ1n) is 10.6. The van der Waals surface area contributed by atoms with Crippen molar-refractivity contribution in [2.75, 3.05) is 20.2 Å². The van der Waals surface area contributed by atoms with Gasteiger partial charge in [0.1, 0.15) is 11.5 Å². The van der Waals surface area contributed by atoms with Crippen LogP contribution >= 0.6 is 12.4 Å². The molecule has 1 aliphatic heterocycles. The summed E-state index contributed by atoms with van der Waals surface area (Å²) in [6, 6.07) is 7.28. The van der Waals surface area contributed by atoms with Gasteiger partial charge >= 0.3 is 0 Å². The lowest BCUT2D eigenvalue weighted by atomic mass is 9.49. The molecule has 3 fully saturated rings. The molecule has 3 nitrogen and oxygen atoms in total. The van der Waals surface area contributed by atoms with Gasteiger partial charge in [-0.3, -0.25) is 9.69 Å². The first-order chi connectivity index (χ1) is 12.6. The molecule has 148 valence electrons. The molecule has 4 aliphatic rings. The summed E-state index contributed by atoms with van der Waals surface area (Å²) in [6.07, 6.45) is 7.82. The topological polar surface area (TPSA) is 29.5 Å². The Labute approximate surface area is 169 Å². The number of fused-ring (bicyclic) bond motifs is 1. The first-order valence-corrected chi connectivity index (χ1v) is 10.6.